The Bertz CT molecular complexity index is 948. The van der Waals surface area contributed by atoms with Crippen LogP contribution in [0.25, 0.3) is 0 Å². The number of aromatic nitrogens is 2. The summed E-state index contributed by atoms with van der Waals surface area (Å²) in [6.45, 7) is 1.53. The SMILES string of the molecule is COc1ccc(/C=N\NC(=O)Cc2c(C)[nH]c(=O)[nH]c2=O)c(Br)c1O. The summed E-state index contributed by atoms with van der Waals surface area (Å²) < 4.78 is 5.33. The van der Waals surface area contributed by atoms with Crippen LogP contribution in [0.5, 0.6) is 11.5 Å². The van der Waals surface area contributed by atoms with Crippen LogP contribution in [0.3, 0.4) is 0 Å². The summed E-state index contributed by atoms with van der Waals surface area (Å²) in [5.74, 6) is -0.334. The molecule has 1 amide bonds. The van der Waals surface area contributed by atoms with Crippen LogP contribution in [0.1, 0.15) is 16.8 Å². The molecule has 9 nitrogen and oxygen atoms in total. The number of H-pyrrole nitrogens is 2. The van der Waals surface area contributed by atoms with Crippen LogP contribution in [0.2, 0.25) is 0 Å². The fraction of sp³-hybridized carbons (Fsp3) is 0.200. The lowest BCUT2D eigenvalue weighted by atomic mass is 10.1. The number of phenols is 1. The summed E-state index contributed by atoms with van der Waals surface area (Å²) in [6, 6.07) is 3.18. The lowest BCUT2D eigenvalue weighted by Gasteiger charge is -2.07. The third-order valence-electron chi connectivity index (χ3n) is 3.31. The number of carbonyl (C=O) groups excluding carboxylic acids is 1. The minimum Gasteiger partial charge on any atom is -0.503 e. The summed E-state index contributed by atoms with van der Waals surface area (Å²) in [5, 5.41) is 13.7. The summed E-state index contributed by atoms with van der Waals surface area (Å²) in [6.07, 6.45) is 1.08. The highest BCUT2D eigenvalue weighted by molar-refractivity contribution is 9.10. The summed E-state index contributed by atoms with van der Waals surface area (Å²) in [4.78, 5) is 39.2. The van der Waals surface area contributed by atoms with Crippen LogP contribution < -0.4 is 21.4 Å². The zero-order valence-electron chi connectivity index (χ0n) is 13.3. The minimum atomic E-state index is -0.631. The normalized spacial score (nSPS) is 10.8. The molecule has 25 heavy (non-hydrogen) atoms. The molecule has 10 heteroatoms. The Hall–Kier alpha value is -2.88. The first-order valence-corrected chi connectivity index (χ1v) is 7.82. The van der Waals surface area contributed by atoms with E-state index >= 15 is 0 Å². The predicted octanol–water partition coefficient (Wildman–Crippen LogP) is 0.541. The Morgan fingerprint density at radius 1 is 1.40 bits per heavy atom. The first-order valence-electron chi connectivity index (χ1n) is 7.03. The number of halogens is 1. The average molecular weight is 411 g/mol. The highest BCUT2D eigenvalue weighted by Gasteiger charge is 2.11. The van der Waals surface area contributed by atoms with Crippen molar-refractivity contribution in [3.63, 3.8) is 0 Å². The van der Waals surface area contributed by atoms with E-state index in [-0.39, 0.29) is 17.7 Å². The Morgan fingerprint density at radius 3 is 2.76 bits per heavy atom. The molecule has 0 spiro atoms. The number of phenolic OH excluding ortho intramolecular Hbond substituents is 1. The van der Waals surface area contributed by atoms with E-state index in [0.29, 0.717) is 21.5 Å². The quantitative estimate of drug-likeness (QED) is 0.421. The zero-order chi connectivity index (χ0) is 18.6. The molecule has 0 atom stereocenters. The van der Waals surface area contributed by atoms with Crippen molar-refractivity contribution >= 4 is 28.1 Å². The second kappa shape index (κ2) is 7.79. The van der Waals surface area contributed by atoms with Gasteiger partial charge in [-0.3, -0.25) is 14.6 Å². The zero-order valence-corrected chi connectivity index (χ0v) is 14.9. The number of hydrazone groups is 1. The Labute approximate surface area is 149 Å². The average Bonchev–Trinajstić information content (AvgIpc) is 2.55. The lowest BCUT2D eigenvalue weighted by Crippen LogP contribution is -2.30. The number of benzene rings is 1. The fourth-order valence-corrected chi connectivity index (χ4v) is 2.47. The first-order chi connectivity index (χ1) is 11.8. The van der Waals surface area contributed by atoms with Gasteiger partial charge in [-0.2, -0.15) is 5.10 Å². The number of aromatic amines is 2. The van der Waals surface area contributed by atoms with Gasteiger partial charge in [-0.05, 0) is 35.0 Å². The van der Waals surface area contributed by atoms with E-state index in [1.165, 1.54) is 20.2 Å². The van der Waals surface area contributed by atoms with Crippen molar-refractivity contribution in [2.45, 2.75) is 13.3 Å². The van der Waals surface area contributed by atoms with Crippen LogP contribution in [-0.2, 0) is 11.2 Å². The monoisotopic (exact) mass is 410 g/mol. The van der Waals surface area contributed by atoms with Gasteiger partial charge in [-0.25, -0.2) is 10.2 Å². The largest absolute Gasteiger partial charge is 0.503 e. The van der Waals surface area contributed by atoms with E-state index in [4.69, 9.17) is 4.74 Å². The van der Waals surface area contributed by atoms with E-state index in [0.717, 1.165) is 0 Å². The van der Waals surface area contributed by atoms with Gasteiger partial charge in [-0.1, -0.05) is 0 Å². The lowest BCUT2D eigenvalue weighted by molar-refractivity contribution is -0.120. The Kier molecular flexibility index (Phi) is 5.75. The molecule has 0 aliphatic rings. The third kappa shape index (κ3) is 4.35. The number of carbonyl (C=O) groups is 1. The van der Waals surface area contributed by atoms with Crippen molar-refractivity contribution in [1.82, 2.24) is 15.4 Å². The molecule has 0 fully saturated rings. The topological polar surface area (TPSA) is 137 Å². The molecule has 2 aromatic rings. The molecule has 0 radical (unpaired) electrons. The van der Waals surface area contributed by atoms with Crippen molar-refractivity contribution in [3.05, 3.63) is 54.3 Å². The van der Waals surface area contributed by atoms with Gasteiger partial charge in [0.2, 0.25) is 5.91 Å². The Morgan fingerprint density at radius 2 is 2.12 bits per heavy atom. The molecule has 132 valence electrons. The van der Waals surface area contributed by atoms with Gasteiger partial charge in [0.1, 0.15) is 0 Å². The predicted molar refractivity (Wildman–Crippen MR) is 94.2 cm³/mol. The van der Waals surface area contributed by atoms with Gasteiger partial charge in [0.05, 0.1) is 24.2 Å². The minimum absolute atomic E-state index is 0.0897. The molecule has 1 heterocycles. The van der Waals surface area contributed by atoms with E-state index in [2.05, 4.69) is 36.4 Å². The number of nitrogens with zero attached hydrogens (tertiary/aromatic N) is 1. The second-order valence-electron chi connectivity index (χ2n) is 5.00. The third-order valence-corrected chi connectivity index (χ3v) is 4.15. The van der Waals surface area contributed by atoms with E-state index in [1.807, 2.05) is 0 Å². The molecule has 0 saturated carbocycles. The van der Waals surface area contributed by atoms with Crippen molar-refractivity contribution in [2.75, 3.05) is 7.11 Å². The number of hydrogen-bond donors (Lipinski definition) is 4. The molecule has 0 bridgehead atoms. The summed E-state index contributed by atoms with van der Waals surface area (Å²) in [7, 11) is 1.43. The van der Waals surface area contributed by atoms with Gasteiger partial charge in [0.15, 0.2) is 11.5 Å². The van der Waals surface area contributed by atoms with E-state index in [1.54, 1.807) is 12.1 Å². The highest BCUT2D eigenvalue weighted by atomic mass is 79.9. The van der Waals surface area contributed by atoms with Crippen LogP contribution in [0.15, 0.2) is 31.3 Å². The maximum absolute atomic E-state index is 11.9. The molecule has 0 aliphatic carbocycles. The van der Waals surface area contributed by atoms with Crippen LogP contribution in [0.4, 0.5) is 0 Å². The molecule has 0 aliphatic heterocycles. The van der Waals surface area contributed by atoms with Crippen molar-refractivity contribution in [3.8, 4) is 11.5 Å². The van der Waals surface area contributed by atoms with Gasteiger partial charge in [-0.15, -0.1) is 0 Å². The summed E-state index contributed by atoms with van der Waals surface area (Å²) >= 11 is 3.21. The van der Waals surface area contributed by atoms with Gasteiger partial charge in [0.25, 0.3) is 5.56 Å². The number of aromatic hydroxyl groups is 1. The molecule has 0 unspecified atom stereocenters. The van der Waals surface area contributed by atoms with E-state index in [9.17, 15) is 19.5 Å². The fourth-order valence-electron chi connectivity index (χ4n) is 2.04. The smallest absolute Gasteiger partial charge is 0.325 e. The number of aryl methyl sites for hydroxylation is 1. The first kappa shape index (κ1) is 18.5. The van der Waals surface area contributed by atoms with Crippen molar-refractivity contribution < 1.29 is 14.6 Å². The van der Waals surface area contributed by atoms with Gasteiger partial charge >= 0.3 is 5.69 Å². The molecule has 2 rings (SSSR count). The van der Waals surface area contributed by atoms with Gasteiger partial charge in [0, 0.05) is 16.8 Å². The number of ether oxygens (including phenoxy) is 1. The van der Waals surface area contributed by atoms with Crippen LogP contribution >= 0.6 is 15.9 Å². The van der Waals surface area contributed by atoms with Gasteiger partial charge < -0.3 is 14.8 Å². The highest BCUT2D eigenvalue weighted by Crippen LogP contribution is 2.35. The number of hydrogen-bond acceptors (Lipinski definition) is 6. The molecule has 1 aromatic carbocycles. The molecular weight excluding hydrogens is 396 g/mol. The maximum atomic E-state index is 11.9. The van der Waals surface area contributed by atoms with Crippen molar-refractivity contribution in [2.24, 2.45) is 5.10 Å². The molecule has 1 aromatic heterocycles. The number of amides is 1. The molecule has 0 saturated heterocycles. The second-order valence-corrected chi connectivity index (χ2v) is 5.79. The van der Waals surface area contributed by atoms with Crippen molar-refractivity contribution in [1.29, 1.82) is 0 Å². The van der Waals surface area contributed by atoms with E-state index < -0.39 is 17.2 Å². The number of nitrogens with one attached hydrogen (secondary N) is 3. The maximum Gasteiger partial charge on any atom is 0.325 e. The molecular formula is C15H15BrN4O5. The number of methoxy groups -OCH3 is 1. The van der Waals surface area contributed by atoms with Crippen LogP contribution in [0, 0.1) is 6.92 Å². The Balaban J connectivity index is 2.08. The standard InChI is InChI=1S/C15H15BrN4O5/c1-7-9(14(23)19-15(24)18-7)5-11(21)20-17-6-8-3-4-10(25-2)13(22)12(8)16/h3-4,6,22H,5H2,1-2H3,(H,20,21)(H2,18,19,23,24)/b17-6-. The molecule has 4 N–H and O–H groups in total. The number of rotatable bonds is 5. The van der Waals surface area contributed by atoms with Crippen LogP contribution in [-0.4, -0.2) is 34.3 Å². The summed E-state index contributed by atoms with van der Waals surface area (Å²) in [5.41, 5.74) is 2.00.